The van der Waals surface area contributed by atoms with Crippen molar-refractivity contribution in [2.75, 3.05) is 5.32 Å². The van der Waals surface area contributed by atoms with Gasteiger partial charge >= 0.3 is 0 Å². The van der Waals surface area contributed by atoms with Crippen molar-refractivity contribution in [2.24, 2.45) is 0 Å². The number of anilines is 1. The normalized spacial score (nSPS) is 10.5. The van der Waals surface area contributed by atoms with Gasteiger partial charge in [-0.1, -0.05) is 12.1 Å². The van der Waals surface area contributed by atoms with Crippen molar-refractivity contribution < 1.29 is 13.6 Å². The monoisotopic (exact) mass is 312 g/mol. The lowest BCUT2D eigenvalue weighted by Crippen LogP contribution is -2.18. The van der Waals surface area contributed by atoms with Crippen molar-refractivity contribution >= 4 is 11.6 Å². The molecule has 0 saturated carbocycles. The van der Waals surface area contributed by atoms with E-state index in [2.05, 4.69) is 5.32 Å². The molecule has 116 valence electrons. The molecule has 0 unspecified atom stereocenters. The zero-order valence-electron chi connectivity index (χ0n) is 12.0. The average Bonchev–Trinajstić information content (AvgIpc) is 2.98. The minimum absolute atomic E-state index is 0.0910. The van der Waals surface area contributed by atoms with Gasteiger partial charge in [-0.3, -0.25) is 9.59 Å². The van der Waals surface area contributed by atoms with E-state index in [-0.39, 0.29) is 17.9 Å². The van der Waals surface area contributed by atoms with Gasteiger partial charge in [0.25, 0.3) is 11.5 Å². The van der Waals surface area contributed by atoms with Crippen LogP contribution in [0.15, 0.2) is 70.0 Å². The molecule has 0 atom stereocenters. The van der Waals surface area contributed by atoms with Crippen molar-refractivity contribution in [2.45, 2.75) is 6.54 Å². The summed E-state index contributed by atoms with van der Waals surface area (Å²) in [6.45, 7) is 0.229. The molecule has 1 amide bonds. The maximum absolute atomic E-state index is 13.1. The molecule has 5 nitrogen and oxygen atoms in total. The number of rotatable bonds is 4. The minimum Gasteiger partial charge on any atom is -0.454 e. The number of halogens is 1. The lowest BCUT2D eigenvalue weighted by atomic mass is 10.3. The summed E-state index contributed by atoms with van der Waals surface area (Å²) >= 11 is 0. The van der Waals surface area contributed by atoms with Crippen molar-refractivity contribution in [3.63, 3.8) is 0 Å². The smallest absolute Gasteiger partial charge is 0.291 e. The summed E-state index contributed by atoms with van der Waals surface area (Å²) in [5.74, 6) is -0.357. The predicted molar refractivity (Wildman–Crippen MR) is 82.9 cm³/mol. The predicted octanol–water partition coefficient (Wildman–Crippen LogP) is 2.88. The third-order valence-corrected chi connectivity index (χ3v) is 3.19. The lowest BCUT2D eigenvalue weighted by molar-refractivity contribution is 0.0994. The molecule has 0 fully saturated rings. The first kappa shape index (κ1) is 14.8. The number of nitrogens with one attached hydrogen (secondary N) is 1. The molecule has 0 saturated heterocycles. The van der Waals surface area contributed by atoms with Gasteiger partial charge in [0.15, 0.2) is 5.76 Å². The van der Waals surface area contributed by atoms with E-state index in [1.165, 1.54) is 34.9 Å². The molecule has 0 radical (unpaired) electrons. The summed E-state index contributed by atoms with van der Waals surface area (Å²) < 4.78 is 20.0. The highest BCUT2D eigenvalue weighted by Crippen LogP contribution is 2.14. The van der Waals surface area contributed by atoms with Gasteiger partial charge in [-0.2, -0.15) is 0 Å². The molecule has 6 heteroatoms. The number of hydrogen-bond acceptors (Lipinski definition) is 3. The maximum atomic E-state index is 13.1. The van der Waals surface area contributed by atoms with E-state index < -0.39 is 11.7 Å². The van der Waals surface area contributed by atoms with Gasteiger partial charge in [0, 0.05) is 18.0 Å². The third-order valence-electron chi connectivity index (χ3n) is 3.19. The molecule has 23 heavy (non-hydrogen) atoms. The van der Waals surface area contributed by atoms with Crippen molar-refractivity contribution in [3.05, 3.63) is 88.5 Å². The van der Waals surface area contributed by atoms with E-state index in [1.54, 1.807) is 30.5 Å². The van der Waals surface area contributed by atoms with Crippen LogP contribution in [0.5, 0.6) is 0 Å². The van der Waals surface area contributed by atoms with Crippen LogP contribution < -0.4 is 10.9 Å². The molecule has 0 spiro atoms. The molecule has 1 aromatic carbocycles. The fourth-order valence-electron chi connectivity index (χ4n) is 2.10. The van der Waals surface area contributed by atoms with Crippen LogP contribution in [0.3, 0.4) is 0 Å². The number of aromatic nitrogens is 1. The summed E-state index contributed by atoms with van der Waals surface area (Å²) in [4.78, 5) is 23.7. The van der Waals surface area contributed by atoms with E-state index in [0.717, 1.165) is 0 Å². The third kappa shape index (κ3) is 3.55. The minimum atomic E-state index is -0.484. The number of amides is 1. The Labute approximate surface area is 131 Å². The number of carbonyl (C=O) groups excluding carboxylic acids is 1. The first-order valence-corrected chi connectivity index (χ1v) is 6.93. The fraction of sp³-hybridized carbons (Fsp3) is 0.0588. The van der Waals surface area contributed by atoms with Gasteiger partial charge in [-0.15, -0.1) is 0 Å². The fourth-order valence-corrected chi connectivity index (χ4v) is 2.10. The largest absolute Gasteiger partial charge is 0.454 e. The van der Waals surface area contributed by atoms with Crippen molar-refractivity contribution in [1.82, 2.24) is 4.57 Å². The lowest BCUT2D eigenvalue weighted by Gasteiger charge is -2.03. The van der Waals surface area contributed by atoms with Gasteiger partial charge in [0.05, 0.1) is 6.54 Å². The molecule has 3 rings (SSSR count). The molecule has 0 aliphatic carbocycles. The SMILES string of the molecule is O=C(Nc1cccc(F)c1)c1ccc(Cn2ccccc2=O)o1. The molecular formula is C17H13FN2O3. The average molecular weight is 312 g/mol. The van der Waals surface area contributed by atoms with Gasteiger partial charge in [0.2, 0.25) is 0 Å². The zero-order chi connectivity index (χ0) is 16.2. The van der Waals surface area contributed by atoms with Crippen LogP contribution in [-0.4, -0.2) is 10.5 Å². The van der Waals surface area contributed by atoms with Gasteiger partial charge in [0.1, 0.15) is 11.6 Å². The number of carbonyl (C=O) groups is 1. The number of furan rings is 1. The van der Waals surface area contributed by atoms with E-state index in [1.807, 2.05) is 0 Å². The van der Waals surface area contributed by atoms with Crippen LogP contribution in [0, 0.1) is 5.82 Å². The quantitative estimate of drug-likeness (QED) is 0.805. The molecule has 1 N–H and O–H groups in total. The Bertz CT molecular complexity index is 898. The maximum Gasteiger partial charge on any atom is 0.291 e. The Balaban J connectivity index is 1.73. The van der Waals surface area contributed by atoms with Crippen LogP contribution in [0.1, 0.15) is 16.3 Å². The second-order valence-electron chi connectivity index (χ2n) is 4.90. The summed E-state index contributed by atoms with van der Waals surface area (Å²) in [6.07, 6.45) is 1.64. The summed E-state index contributed by atoms with van der Waals surface area (Å²) in [5.41, 5.74) is 0.182. The summed E-state index contributed by atoms with van der Waals surface area (Å²) in [6, 6.07) is 13.6. The van der Waals surface area contributed by atoms with Crippen LogP contribution in [0.2, 0.25) is 0 Å². The van der Waals surface area contributed by atoms with E-state index in [9.17, 15) is 14.0 Å². The first-order valence-electron chi connectivity index (χ1n) is 6.93. The standard InChI is InChI=1S/C17H13FN2O3/c18-12-4-3-5-13(10-12)19-17(22)15-8-7-14(23-15)11-20-9-2-1-6-16(20)21/h1-10H,11H2,(H,19,22). The van der Waals surface area contributed by atoms with Crippen molar-refractivity contribution in [3.8, 4) is 0 Å². The van der Waals surface area contributed by atoms with Gasteiger partial charge in [-0.05, 0) is 36.4 Å². The van der Waals surface area contributed by atoms with E-state index >= 15 is 0 Å². The van der Waals surface area contributed by atoms with Crippen molar-refractivity contribution in [1.29, 1.82) is 0 Å². The highest BCUT2D eigenvalue weighted by molar-refractivity contribution is 6.02. The molecular weight excluding hydrogens is 299 g/mol. The Kier molecular flexibility index (Phi) is 4.05. The number of pyridine rings is 1. The van der Waals surface area contributed by atoms with Crippen LogP contribution >= 0.6 is 0 Å². The summed E-state index contributed by atoms with van der Waals surface area (Å²) in [5, 5.41) is 2.55. The molecule has 2 aromatic heterocycles. The zero-order valence-corrected chi connectivity index (χ0v) is 12.0. The second-order valence-corrected chi connectivity index (χ2v) is 4.90. The highest BCUT2D eigenvalue weighted by Gasteiger charge is 2.12. The second kappa shape index (κ2) is 6.31. The molecule has 2 heterocycles. The van der Waals surface area contributed by atoms with Gasteiger partial charge in [-0.25, -0.2) is 4.39 Å². The topological polar surface area (TPSA) is 64.2 Å². The highest BCUT2D eigenvalue weighted by atomic mass is 19.1. The summed E-state index contributed by atoms with van der Waals surface area (Å²) in [7, 11) is 0. The molecule has 0 bridgehead atoms. The number of nitrogens with zero attached hydrogens (tertiary/aromatic N) is 1. The Morgan fingerprint density at radius 1 is 1.13 bits per heavy atom. The Hall–Kier alpha value is -3.15. The van der Waals surface area contributed by atoms with Crippen LogP contribution in [0.4, 0.5) is 10.1 Å². The first-order chi connectivity index (χ1) is 11.1. The Morgan fingerprint density at radius 2 is 2.00 bits per heavy atom. The van der Waals surface area contributed by atoms with E-state index in [4.69, 9.17) is 4.42 Å². The van der Waals surface area contributed by atoms with E-state index in [0.29, 0.717) is 11.4 Å². The Morgan fingerprint density at radius 3 is 2.78 bits per heavy atom. The molecule has 0 aliphatic heterocycles. The number of benzene rings is 1. The van der Waals surface area contributed by atoms with Crippen LogP contribution in [0.25, 0.3) is 0 Å². The molecule has 0 aliphatic rings. The number of hydrogen-bond donors (Lipinski definition) is 1. The molecule has 3 aromatic rings. The van der Waals surface area contributed by atoms with Crippen LogP contribution in [-0.2, 0) is 6.54 Å². The van der Waals surface area contributed by atoms with Gasteiger partial charge < -0.3 is 14.3 Å².